The summed E-state index contributed by atoms with van der Waals surface area (Å²) in [5.41, 5.74) is 0. The minimum Gasteiger partial charge on any atom is -0.469 e. The topological polar surface area (TPSA) is 86.0 Å². The Kier molecular flexibility index (Phi) is 9.23. The molecule has 1 saturated heterocycles. The highest BCUT2D eigenvalue weighted by atomic mass is 127. The molecule has 1 aliphatic heterocycles. The van der Waals surface area contributed by atoms with Crippen LogP contribution in [0.2, 0.25) is 0 Å². The summed E-state index contributed by atoms with van der Waals surface area (Å²) in [6, 6.07) is 10.0. The maximum Gasteiger partial charge on any atom is 0.243 e. The number of furan rings is 1. The highest BCUT2D eigenvalue weighted by Gasteiger charge is 2.24. The number of nitrogens with one attached hydrogen (secondary N) is 2. The van der Waals surface area contributed by atoms with Gasteiger partial charge in [0.2, 0.25) is 5.91 Å². The monoisotopic (exact) mass is 512 g/mol. The summed E-state index contributed by atoms with van der Waals surface area (Å²) >= 11 is 0. The van der Waals surface area contributed by atoms with Crippen molar-refractivity contribution in [2.75, 3.05) is 45.2 Å². The predicted molar refractivity (Wildman–Crippen MR) is 125 cm³/mol. The summed E-state index contributed by atoms with van der Waals surface area (Å²) in [7, 11) is 3.47. The van der Waals surface area contributed by atoms with Crippen LogP contribution in [0, 0.1) is 0 Å². The fourth-order valence-corrected chi connectivity index (χ4v) is 3.02. The van der Waals surface area contributed by atoms with E-state index < -0.39 is 0 Å². The van der Waals surface area contributed by atoms with Gasteiger partial charge in [-0.1, -0.05) is 6.07 Å². The van der Waals surface area contributed by atoms with E-state index in [9.17, 15) is 4.79 Å². The summed E-state index contributed by atoms with van der Waals surface area (Å²) in [5, 5.41) is 6.77. The molecule has 158 valence electrons. The fraction of sp³-hybridized carbons (Fsp3) is 0.450. The van der Waals surface area contributed by atoms with Gasteiger partial charge in [-0.25, -0.2) is 9.98 Å². The summed E-state index contributed by atoms with van der Waals surface area (Å²) in [5.74, 6) is 2.51. The smallest absolute Gasteiger partial charge is 0.243 e. The third-order valence-electron chi connectivity index (χ3n) is 4.62. The zero-order chi connectivity index (χ0) is 19.8. The molecule has 29 heavy (non-hydrogen) atoms. The molecule has 1 unspecified atom stereocenters. The average molecular weight is 512 g/mol. The van der Waals surface area contributed by atoms with Crippen molar-refractivity contribution in [3.8, 4) is 0 Å². The van der Waals surface area contributed by atoms with Crippen molar-refractivity contribution < 1.29 is 9.21 Å². The van der Waals surface area contributed by atoms with Crippen LogP contribution in [0.15, 0.2) is 52.2 Å². The lowest BCUT2D eigenvalue weighted by atomic mass is 10.3. The SMILES string of the molecule is CN(C)C(=O)CN=C(NCCc1ccco1)NC1CCN(c2ccccn2)C1.I. The minimum atomic E-state index is -0.0336. The second kappa shape index (κ2) is 11.6. The van der Waals surface area contributed by atoms with E-state index >= 15 is 0 Å². The van der Waals surface area contributed by atoms with E-state index in [2.05, 4.69) is 25.5 Å². The molecule has 2 aromatic heterocycles. The molecule has 0 radical (unpaired) electrons. The van der Waals surface area contributed by atoms with Gasteiger partial charge in [0.25, 0.3) is 0 Å². The van der Waals surface area contributed by atoms with Crippen molar-refractivity contribution in [3.63, 3.8) is 0 Å². The molecule has 3 heterocycles. The number of carbonyl (C=O) groups is 1. The van der Waals surface area contributed by atoms with Gasteiger partial charge in [0.15, 0.2) is 5.96 Å². The van der Waals surface area contributed by atoms with Crippen LogP contribution in [0.4, 0.5) is 5.82 Å². The first kappa shape index (κ1) is 23.0. The van der Waals surface area contributed by atoms with Gasteiger partial charge in [0, 0.05) is 52.4 Å². The van der Waals surface area contributed by atoms with Crippen LogP contribution >= 0.6 is 24.0 Å². The molecule has 1 aliphatic rings. The van der Waals surface area contributed by atoms with E-state index in [1.807, 2.05) is 36.5 Å². The highest BCUT2D eigenvalue weighted by molar-refractivity contribution is 14.0. The number of nitrogens with zero attached hydrogens (tertiary/aromatic N) is 4. The molecule has 2 aromatic rings. The zero-order valence-electron chi connectivity index (χ0n) is 16.9. The molecule has 0 saturated carbocycles. The van der Waals surface area contributed by atoms with Gasteiger partial charge in [0.05, 0.1) is 6.26 Å². The second-order valence-electron chi connectivity index (χ2n) is 6.97. The molecule has 1 atom stereocenters. The Bertz CT molecular complexity index is 767. The number of likely N-dealkylation sites (N-methyl/N-ethyl adjacent to an activating group) is 1. The van der Waals surface area contributed by atoms with E-state index in [0.29, 0.717) is 12.5 Å². The van der Waals surface area contributed by atoms with Crippen molar-refractivity contribution in [1.29, 1.82) is 0 Å². The lowest BCUT2D eigenvalue weighted by Gasteiger charge is -2.20. The molecular weight excluding hydrogens is 483 g/mol. The van der Waals surface area contributed by atoms with Gasteiger partial charge in [-0.05, 0) is 30.7 Å². The highest BCUT2D eigenvalue weighted by Crippen LogP contribution is 2.17. The Labute approximate surface area is 188 Å². The third-order valence-corrected chi connectivity index (χ3v) is 4.62. The molecule has 3 rings (SSSR count). The maximum atomic E-state index is 11.9. The largest absolute Gasteiger partial charge is 0.469 e. The van der Waals surface area contributed by atoms with Gasteiger partial charge < -0.3 is 24.9 Å². The molecule has 9 heteroatoms. The number of pyridine rings is 1. The molecule has 0 aliphatic carbocycles. The van der Waals surface area contributed by atoms with E-state index in [4.69, 9.17) is 4.42 Å². The number of aliphatic imine (C=N–C) groups is 1. The number of anilines is 1. The molecule has 0 bridgehead atoms. The van der Waals surface area contributed by atoms with Crippen molar-refractivity contribution >= 4 is 41.7 Å². The van der Waals surface area contributed by atoms with Crippen LogP contribution < -0.4 is 15.5 Å². The fourth-order valence-electron chi connectivity index (χ4n) is 3.02. The first-order valence-electron chi connectivity index (χ1n) is 9.55. The number of aromatic nitrogens is 1. The maximum absolute atomic E-state index is 11.9. The minimum absolute atomic E-state index is 0. The number of guanidine groups is 1. The van der Waals surface area contributed by atoms with Crippen molar-refractivity contribution in [3.05, 3.63) is 48.6 Å². The summed E-state index contributed by atoms with van der Waals surface area (Å²) in [6.07, 6.45) is 5.21. The molecule has 8 nitrogen and oxygen atoms in total. The van der Waals surface area contributed by atoms with Gasteiger partial charge >= 0.3 is 0 Å². The van der Waals surface area contributed by atoms with Crippen LogP contribution in [-0.2, 0) is 11.2 Å². The van der Waals surface area contributed by atoms with E-state index in [1.165, 1.54) is 0 Å². The van der Waals surface area contributed by atoms with Gasteiger partial charge in [0.1, 0.15) is 18.1 Å². The second-order valence-corrected chi connectivity index (χ2v) is 6.97. The van der Waals surface area contributed by atoms with Crippen LogP contribution in [-0.4, -0.2) is 68.1 Å². The van der Waals surface area contributed by atoms with E-state index in [1.54, 1.807) is 25.3 Å². The normalized spacial score (nSPS) is 16.3. The Morgan fingerprint density at radius 2 is 2.21 bits per heavy atom. The number of halogens is 1. The number of amides is 1. The Morgan fingerprint density at radius 1 is 1.34 bits per heavy atom. The Balaban J connectivity index is 0.00000300. The molecule has 1 fully saturated rings. The molecule has 1 amide bonds. The molecular formula is C20H29IN6O2. The standard InChI is InChI=1S/C20H28N6O2.HI/c1-25(2)19(27)14-23-20(22-11-8-17-6-5-13-28-17)24-16-9-12-26(15-16)18-7-3-4-10-21-18;/h3-7,10,13,16H,8-9,11-12,14-15H2,1-2H3,(H2,22,23,24);1H. The summed E-state index contributed by atoms with van der Waals surface area (Å²) < 4.78 is 5.37. The number of hydrogen-bond donors (Lipinski definition) is 2. The third kappa shape index (κ3) is 7.22. The number of carbonyl (C=O) groups excluding carboxylic acids is 1. The van der Waals surface area contributed by atoms with Gasteiger partial charge in [-0.15, -0.1) is 24.0 Å². The predicted octanol–water partition coefficient (Wildman–Crippen LogP) is 1.74. The molecule has 0 aromatic carbocycles. The van der Waals surface area contributed by atoms with Crippen molar-refractivity contribution in [2.45, 2.75) is 18.9 Å². The summed E-state index contributed by atoms with van der Waals surface area (Å²) in [6.45, 7) is 2.56. The molecule has 2 N–H and O–H groups in total. The van der Waals surface area contributed by atoms with Crippen molar-refractivity contribution in [2.24, 2.45) is 4.99 Å². The number of hydrogen-bond acceptors (Lipinski definition) is 5. The van der Waals surface area contributed by atoms with Crippen LogP contribution in [0.1, 0.15) is 12.2 Å². The Morgan fingerprint density at radius 3 is 2.90 bits per heavy atom. The first-order chi connectivity index (χ1) is 13.6. The first-order valence-corrected chi connectivity index (χ1v) is 9.55. The summed E-state index contributed by atoms with van der Waals surface area (Å²) in [4.78, 5) is 24.6. The van der Waals surface area contributed by atoms with Crippen LogP contribution in [0.5, 0.6) is 0 Å². The van der Waals surface area contributed by atoms with Gasteiger partial charge in [-0.2, -0.15) is 0 Å². The lowest BCUT2D eigenvalue weighted by molar-refractivity contribution is -0.127. The van der Waals surface area contributed by atoms with Crippen LogP contribution in [0.25, 0.3) is 0 Å². The lowest BCUT2D eigenvalue weighted by Crippen LogP contribution is -2.45. The number of rotatable bonds is 7. The Hall–Kier alpha value is -2.30. The van der Waals surface area contributed by atoms with E-state index in [0.717, 1.165) is 37.5 Å². The molecule has 0 spiro atoms. The van der Waals surface area contributed by atoms with E-state index in [-0.39, 0.29) is 42.5 Å². The van der Waals surface area contributed by atoms with Crippen LogP contribution in [0.3, 0.4) is 0 Å². The quantitative estimate of drug-likeness (QED) is 0.334. The average Bonchev–Trinajstić information content (AvgIpc) is 3.38. The van der Waals surface area contributed by atoms with Crippen molar-refractivity contribution in [1.82, 2.24) is 20.5 Å². The zero-order valence-corrected chi connectivity index (χ0v) is 19.2. The van der Waals surface area contributed by atoms with Gasteiger partial charge in [-0.3, -0.25) is 4.79 Å².